The van der Waals surface area contributed by atoms with Crippen molar-refractivity contribution >= 4 is 28.3 Å². The van der Waals surface area contributed by atoms with Crippen LogP contribution in [0, 0.1) is 0 Å². The van der Waals surface area contributed by atoms with Crippen LogP contribution in [0.4, 0.5) is 0 Å². The van der Waals surface area contributed by atoms with E-state index in [1.807, 2.05) is 18.2 Å². The summed E-state index contributed by atoms with van der Waals surface area (Å²) in [6, 6.07) is 12.5. The number of hydrogen-bond donors (Lipinski definition) is 0. The molecule has 2 aromatic rings. The Morgan fingerprint density at radius 1 is 1.00 bits per heavy atom. The van der Waals surface area contributed by atoms with Crippen LogP contribution in [-0.4, -0.2) is 4.98 Å². The molecule has 15 heavy (non-hydrogen) atoms. The minimum atomic E-state index is -2.99. The van der Waals surface area contributed by atoms with E-state index >= 15 is 0 Å². The summed E-state index contributed by atoms with van der Waals surface area (Å²) in [5.74, 6) is 0. The molecule has 2 nitrogen and oxygen atoms in total. The van der Waals surface area contributed by atoms with Crippen LogP contribution in [0.25, 0.3) is 0 Å². The third kappa shape index (κ3) is 2.11. The first-order valence-corrected chi connectivity index (χ1v) is 7.08. The molecule has 0 spiro atoms. The lowest BCUT2D eigenvalue weighted by atomic mass is 10.4. The molecule has 1 atom stereocenters. The Kier molecular flexibility index (Phi) is 2.90. The number of halogens is 1. The van der Waals surface area contributed by atoms with Crippen LogP contribution in [0.5, 0.6) is 0 Å². The molecule has 0 bridgehead atoms. The fourth-order valence-corrected chi connectivity index (χ4v) is 3.28. The van der Waals surface area contributed by atoms with Crippen molar-refractivity contribution in [3.05, 3.63) is 54.9 Å². The molecule has 1 aromatic heterocycles. The van der Waals surface area contributed by atoms with E-state index in [2.05, 4.69) is 4.98 Å². The molecule has 4 heteroatoms. The number of nitrogens with zero attached hydrogens (tertiary/aromatic N) is 1. The van der Waals surface area contributed by atoms with Gasteiger partial charge in [0.1, 0.15) is 0 Å². The van der Waals surface area contributed by atoms with Gasteiger partial charge < -0.3 is 0 Å². The standard InChI is InChI=1S/C11H9ClNOP/c12-15(14,10-5-2-1-3-6-10)11-7-4-8-13-9-11/h1-9H. The Hall–Kier alpha value is -1.11. The number of benzene rings is 1. The van der Waals surface area contributed by atoms with E-state index in [1.165, 1.54) is 0 Å². The molecule has 0 aliphatic heterocycles. The van der Waals surface area contributed by atoms with E-state index in [4.69, 9.17) is 11.2 Å². The molecule has 1 heterocycles. The van der Waals surface area contributed by atoms with Crippen LogP contribution >= 0.6 is 17.7 Å². The lowest BCUT2D eigenvalue weighted by Crippen LogP contribution is -2.11. The van der Waals surface area contributed by atoms with Gasteiger partial charge in [0.15, 0.2) is 0 Å². The van der Waals surface area contributed by atoms with E-state index in [1.54, 1.807) is 36.7 Å². The van der Waals surface area contributed by atoms with Crippen molar-refractivity contribution in [1.82, 2.24) is 4.98 Å². The zero-order chi connectivity index (χ0) is 10.7. The first-order valence-electron chi connectivity index (χ1n) is 4.47. The van der Waals surface area contributed by atoms with Crippen LogP contribution in [-0.2, 0) is 4.57 Å². The summed E-state index contributed by atoms with van der Waals surface area (Å²) in [7, 11) is 0. The minimum Gasteiger partial charge on any atom is -0.296 e. The highest BCUT2D eigenvalue weighted by molar-refractivity contribution is 8.00. The Bertz CT molecular complexity index is 443. The fraction of sp³-hybridized carbons (Fsp3) is 0. The van der Waals surface area contributed by atoms with Gasteiger partial charge in [0, 0.05) is 23.0 Å². The second-order valence-corrected chi connectivity index (χ2v) is 6.61. The van der Waals surface area contributed by atoms with Crippen LogP contribution in [0.1, 0.15) is 0 Å². The summed E-state index contributed by atoms with van der Waals surface area (Å²) in [5, 5.41) is 1.21. The summed E-state index contributed by atoms with van der Waals surface area (Å²) < 4.78 is 12.3. The number of hydrogen-bond acceptors (Lipinski definition) is 2. The Morgan fingerprint density at radius 3 is 2.27 bits per heavy atom. The number of rotatable bonds is 2. The smallest absolute Gasteiger partial charge is 0.227 e. The average Bonchev–Trinajstić information content (AvgIpc) is 2.31. The van der Waals surface area contributed by atoms with Crippen molar-refractivity contribution in [2.24, 2.45) is 0 Å². The predicted octanol–water partition coefficient (Wildman–Crippen LogP) is 2.55. The molecule has 0 radical (unpaired) electrons. The van der Waals surface area contributed by atoms with E-state index < -0.39 is 6.49 Å². The number of aromatic nitrogens is 1. The van der Waals surface area contributed by atoms with Gasteiger partial charge in [0.05, 0.1) is 0 Å². The second kappa shape index (κ2) is 4.18. The normalized spacial score (nSPS) is 14.5. The van der Waals surface area contributed by atoms with Gasteiger partial charge in [-0.2, -0.15) is 0 Å². The van der Waals surface area contributed by atoms with E-state index in [-0.39, 0.29) is 0 Å². The largest absolute Gasteiger partial charge is 0.296 e. The van der Waals surface area contributed by atoms with Gasteiger partial charge in [0.2, 0.25) is 6.49 Å². The zero-order valence-corrected chi connectivity index (χ0v) is 9.53. The summed E-state index contributed by atoms with van der Waals surface area (Å²) >= 11 is 6.10. The van der Waals surface area contributed by atoms with Crippen molar-refractivity contribution in [2.45, 2.75) is 0 Å². The molecule has 1 unspecified atom stereocenters. The summed E-state index contributed by atoms with van der Waals surface area (Å²) in [5.41, 5.74) is 0. The number of pyridine rings is 1. The van der Waals surface area contributed by atoms with E-state index in [0.29, 0.717) is 10.6 Å². The highest BCUT2D eigenvalue weighted by Crippen LogP contribution is 2.48. The second-order valence-electron chi connectivity index (χ2n) is 3.08. The molecule has 0 saturated carbocycles. The molecular formula is C11H9ClNOP. The minimum absolute atomic E-state index is 0.567. The van der Waals surface area contributed by atoms with Gasteiger partial charge in [-0.3, -0.25) is 9.55 Å². The maximum Gasteiger partial charge on any atom is 0.227 e. The van der Waals surface area contributed by atoms with Crippen LogP contribution in [0.15, 0.2) is 54.9 Å². The van der Waals surface area contributed by atoms with Gasteiger partial charge in [-0.05, 0) is 23.4 Å². The Balaban J connectivity index is 2.50. The third-order valence-electron chi connectivity index (χ3n) is 2.07. The van der Waals surface area contributed by atoms with E-state index in [9.17, 15) is 4.57 Å². The van der Waals surface area contributed by atoms with Crippen molar-refractivity contribution in [2.75, 3.05) is 0 Å². The molecule has 0 aliphatic rings. The molecule has 0 amide bonds. The first-order chi connectivity index (χ1) is 7.21. The maximum atomic E-state index is 12.3. The monoisotopic (exact) mass is 237 g/mol. The molecule has 76 valence electrons. The fourth-order valence-electron chi connectivity index (χ4n) is 1.29. The van der Waals surface area contributed by atoms with Gasteiger partial charge in [0.25, 0.3) is 0 Å². The predicted molar refractivity (Wildman–Crippen MR) is 63.4 cm³/mol. The lowest BCUT2D eigenvalue weighted by Gasteiger charge is -2.09. The highest BCUT2D eigenvalue weighted by Gasteiger charge is 2.23. The lowest BCUT2D eigenvalue weighted by molar-refractivity contribution is 0.595. The molecule has 2 rings (SSSR count). The highest BCUT2D eigenvalue weighted by atomic mass is 35.7. The van der Waals surface area contributed by atoms with Gasteiger partial charge in [-0.25, -0.2) is 0 Å². The van der Waals surface area contributed by atoms with Crippen LogP contribution in [0.3, 0.4) is 0 Å². The maximum absolute atomic E-state index is 12.3. The summed E-state index contributed by atoms with van der Waals surface area (Å²) in [4.78, 5) is 3.92. The van der Waals surface area contributed by atoms with Crippen LogP contribution < -0.4 is 10.6 Å². The SMILES string of the molecule is O=P(Cl)(c1ccccc1)c1cccnc1. The van der Waals surface area contributed by atoms with Gasteiger partial charge >= 0.3 is 0 Å². The van der Waals surface area contributed by atoms with Crippen molar-refractivity contribution in [1.29, 1.82) is 0 Å². The molecule has 1 aromatic carbocycles. The van der Waals surface area contributed by atoms with Crippen molar-refractivity contribution in [3.63, 3.8) is 0 Å². The molecule has 0 aliphatic carbocycles. The van der Waals surface area contributed by atoms with Crippen molar-refractivity contribution < 1.29 is 4.57 Å². The van der Waals surface area contributed by atoms with Crippen molar-refractivity contribution in [3.8, 4) is 0 Å². The molecule has 0 N–H and O–H groups in total. The van der Waals surface area contributed by atoms with E-state index in [0.717, 1.165) is 0 Å². The first kappa shape index (κ1) is 10.4. The van der Waals surface area contributed by atoms with Gasteiger partial charge in [-0.15, -0.1) is 0 Å². The Labute approximate surface area is 93.1 Å². The third-order valence-corrected chi connectivity index (χ3v) is 5.13. The summed E-state index contributed by atoms with van der Waals surface area (Å²) in [6.07, 6.45) is 3.17. The average molecular weight is 238 g/mol. The quantitative estimate of drug-likeness (QED) is 0.752. The molecule has 0 fully saturated rings. The van der Waals surface area contributed by atoms with Crippen LogP contribution in [0.2, 0.25) is 0 Å². The zero-order valence-electron chi connectivity index (χ0n) is 7.88. The molecular weight excluding hydrogens is 229 g/mol. The molecule has 0 saturated heterocycles. The summed E-state index contributed by atoms with van der Waals surface area (Å²) in [6.45, 7) is -2.99. The Morgan fingerprint density at radius 2 is 1.67 bits per heavy atom. The van der Waals surface area contributed by atoms with Gasteiger partial charge in [-0.1, -0.05) is 30.3 Å². The topological polar surface area (TPSA) is 30.0 Å².